The van der Waals surface area contributed by atoms with E-state index in [1.165, 1.54) is 0 Å². The van der Waals surface area contributed by atoms with E-state index in [4.69, 9.17) is 9.47 Å². The van der Waals surface area contributed by atoms with E-state index in [2.05, 4.69) is 0 Å². The number of rotatable bonds is 2. The fraction of sp³-hybridized carbons (Fsp3) is 0.909. The van der Waals surface area contributed by atoms with Gasteiger partial charge in [-0.3, -0.25) is 0 Å². The third-order valence-corrected chi connectivity index (χ3v) is 4.13. The Morgan fingerprint density at radius 2 is 2.07 bits per heavy atom. The van der Waals surface area contributed by atoms with Crippen molar-refractivity contribution in [2.24, 2.45) is 11.8 Å². The second-order valence-electron chi connectivity index (χ2n) is 4.70. The van der Waals surface area contributed by atoms with Crippen molar-refractivity contribution < 1.29 is 14.3 Å². The summed E-state index contributed by atoms with van der Waals surface area (Å²) in [6.45, 7) is 2.33. The molecule has 3 fully saturated rings. The summed E-state index contributed by atoms with van der Waals surface area (Å²) in [6.07, 6.45) is 4.81. The molecule has 0 aromatic carbocycles. The summed E-state index contributed by atoms with van der Waals surface area (Å²) < 4.78 is 11.1. The minimum absolute atomic E-state index is 0.0903. The molecule has 2 heterocycles. The SMILES string of the molecule is CCOC(=O)C12OC3C[C@H]1CC[C@H]2C3. The van der Waals surface area contributed by atoms with Crippen molar-refractivity contribution in [2.75, 3.05) is 6.61 Å². The van der Waals surface area contributed by atoms with Crippen LogP contribution in [0.5, 0.6) is 0 Å². The summed E-state index contributed by atoms with van der Waals surface area (Å²) in [5.41, 5.74) is -0.513. The molecule has 0 amide bonds. The van der Waals surface area contributed by atoms with Gasteiger partial charge in [-0.15, -0.1) is 0 Å². The molecule has 78 valence electrons. The number of ether oxygens (including phenoxy) is 2. The maximum absolute atomic E-state index is 11.9. The van der Waals surface area contributed by atoms with Crippen molar-refractivity contribution in [3.05, 3.63) is 0 Å². The zero-order valence-electron chi connectivity index (χ0n) is 8.49. The van der Waals surface area contributed by atoms with Gasteiger partial charge < -0.3 is 9.47 Å². The van der Waals surface area contributed by atoms with Crippen LogP contribution in [0, 0.1) is 11.8 Å². The predicted molar refractivity (Wildman–Crippen MR) is 49.7 cm³/mol. The van der Waals surface area contributed by atoms with Gasteiger partial charge in [0.25, 0.3) is 0 Å². The van der Waals surface area contributed by atoms with Gasteiger partial charge in [-0.1, -0.05) is 0 Å². The first-order valence-electron chi connectivity index (χ1n) is 5.62. The molecule has 0 aromatic rings. The van der Waals surface area contributed by atoms with Crippen LogP contribution in [0.4, 0.5) is 0 Å². The molecule has 3 aliphatic rings. The first-order chi connectivity index (χ1) is 6.77. The van der Waals surface area contributed by atoms with Gasteiger partial charge >= 0.3 is 5.97 Å². The van der Waals surface area contributed by atoms with Crippen LogP contribution in [0.15, 0.2) is 0 Å². The summed E-state index contributed by atoms with van der Waals surface area (Å²) in [7, 11) is 0. The molecular weight excluding hydrogens is 180 g/mol. The first kappa shape index (κ1) is 8.72. The molecule has 4 atom stereocenters. The van der Waals surface area contributed by atoms with E-state index < -0.39 is 5.60 Å². The maximum Gasteiger partial charge on any atom is 0.338 e. The van der Waals surface area contributed by atoms with Crippen LogP contribution in [-0.2, 0) is 14.3 Å². The predicted octanol–water partition coefficient (Wildman–Crippen LogP) is 1.51. The van der Waals surface area contributed by atoms with Gasteiger partial charge in [0.15, 0.2) is 5.60 Å². The van der Waals surface area contributed by atoms with Gasteiger partial charge in [-0.2, -0.15) is 0 Å². The number of hydrogen-bond donors (Lipinski definition) is 0. The number of fused-ring (bicyclic) bond motifs is 1. The fourth-order valence-electron chi connectivity index (χ4n) is 3.67. The maximum atomic E-state index is 11.9. The Balaban J connectivity index is 1.92. The summed E-state index contributed by atoms with van der Waals surface area (Å²) in [4.78, 5) is 11.9. The lowest BCUT2D eigenvalue weighted by Gasteiger charge is -2.28. The van der Waals surface area contributed by atoms with Gasteiger partial charge in [-0.25, -0.2) is 4.79 Å². The van der Waals surface area contributed by atoms with E-state index >= 15 is 0 Å². The molecule has 2 unspecified atom stereocenters. The molecule has 0 aromatic heterocycles. The minimum Gasteiger partial charge on any atom is -0.464 e. The number of carbonyl (C=O) groups excluding carboxylic acids is 1. The third kappa shape index (κ3) is 0.842. The van der Waals surface area contributed by atoms with Crippen molar-refractivity contribution in [1.82, 2.24) is 0 Å². The Kier molecular flexibility index (Phi) is 1.69. The van der Waals surface area contributed by atoms with Crippen molar-refractivity contribution in [3.63, 3.8) is 0 Å². The molecule has 3 rings (SSSR count). The number of esters is 1. The van der Waals surface area contributed by atoms with Crippen LogP contribution >= 0.6 is 0 Å². The first-order valence-corrected chi connectivity index (χ1v) is 5.62. The van der Waals surface area contributed by atoms with Crippen LogP contribution in [0.25, 0.3) is 0 Å². The van der Waals surface area contributed by atoms with E-state index in [1.54, 1.807) is 0 Å². The zero-order chi connectivity index (χ0) is 9.76. The number of carbonyl (C=O) groups is 1. The van der Waals surface area contributed by atoms with Crippen LogP contribution in [0.2, 0.25) is 0 Å². The van der Waals surface area contributed by atoms with Gasteiger partial charge in [0.2, 0.25) is 0 Å². The van der Waals surface area contributed by atoms with E-state index in [1.807, 2.05) is 6.92 Å². The molecule has 1 aliphatic carbocycles. The largest absolute Gasteiger partial charge is 0.464 e. The lowest BCUT2D eigenvalue weighted by Crippen LogP contribution is -2.45. The van der Waals surface area contributed by atoms with Crippen LogP contribution in [-0.4, -0.2) is 24.3 Å². The monoisotopic (exact) mass is 196 g/mol. The lowest BCUT2D eigenvalue weighted by atomic mass is 9.78. The standard InChI is InChI=1S/C11H16O3/c1-2-13-10(12)11-7-3-4-8(11)6-9(5-7)14-11/h7-9H,2-6H2,1H3/t7-,8+,9?,11?. The second kappa shape index (κ2) is 2.72. The Morgan fingerprint density at radius 1 is 1.43 bits per heavy atom. The highest BCUT2D eigenvalue weighted by Crippen LogP contribution is 2.60. The summed E-state index contributed by atoms with van der Waals surface area (Å²) in [6, 6.07) is 0. The molecule has 0 spiro atoms. The molecule has 14 heavy (non-hydrogen) atoms. The topological polar surface area (TPSA) is 35.5 Å². The summed E-state index contributed by atoms with van der Waals surface area (Å²) in [5, 5.41) is 0. The van der Waals surface area contributed by atoms with E-state index in [9.17, 15) is 4.79 Å². The Morgan fingerprint density at radius 3 is 2.64 bits per heavy atom. The quantitative estimate of drug-likeness (QED) is 0.628. The fourth-order valence-corrected chi connectivity index (χ4v) is 3.67. The molecule has 3 nitrogen and oxygen atoms in total. The van der Waals surface area contributed by atoms with Gasteiger partial charge in [0, 0.05) is 11.8 Å². The Labute approximate surface area is 83.8 Å². The molecule has 2 aliphatic heterocycles. The molecule has 0 radical (unpaired) electrons. The van der Waals surface area contributed by atoms with E-state index in [0.717, 1.165) is 25.7 Å². The Bertz CT molecular complexity index is 260. The van der Waals surface area contributed by atoms with Gasteiger partial charge in [-0.05, 0) is 32.6 Å². The smallest absolute Gasteiger partial charge is 0.338 e. The normalized spacial score (nSPS) is 48.5. The second-order valence-corrected chi connectivity index (χ2v) is 4.70. The van der Waals surface area contributed by atoms with Gasteiger partial charge in [0.1, 0.15) is 0 Å². The highest BCUT2D eigenvalue weighted by atomic mass is 16.6. The van der Waals surface area contributed by atoms with Gasteiger partial charge in [0.05, 0.1) is 12.7 Å². The number of hydrogen-bond acceptors (Lipinski definition) is 3. The van der Waals surface area contributed by atoms with Crippen molar-refractivity contribution in [2.45, 2.75) is 44.3 Å². The van der Waals surface area contributed by atoms with Crippen LogP contribution in [0.1, 0.15) is 32.6 Å². The van der Waals surface area contributed by atoms with Crippen LogP contribution in [0.3, 0.4) is 0 Å². The van der Waals surface area contributed by atoms with E-state index in [0.29, 0.717) is 24.5 Å². The highest BCUT2D eigenvalue weighted by Gasteiger charge is 2.67. The van der Waals surface area contributed by atoms with Crippen molar-refractivity contribution >= 4 is 5.97 Å². The summed E-state index contributed by atoms with van der Waals surface area (Å²) >= 11 is 0. The molecule has 2 bridgehead atoms. The van der Waals surface area contributed by atoms with Crippen LogP contribution < -0.4 is 0 Å². The molecule has 2 saturated heterocycles. The lowest BCUT2D eigenvalue weighted by molar-refractivity contribution is -0.169. The Hall–Kier alpha value is -0.570. The molecular formula is C11H16O3. The molecule has 3 heteroatoms. The molecule has 1 saturated carbocycles. The zero-order valence-corrected chi connectivity index (χ0v) is 8.49. The van der Waals surface area contributed by atoms with Crippen molar-refractivity contribution in [3.8, 4) is 0 Å². The van der Waals surface area contributed by atoms with Crippen molar-refractivity contribution in [1.29, 1.82) is 0 Å². The molecule has 0 N–H and O–H groups in total. The average Bonchev–Trinajstić information content (AvgIpc) is 2.70. The average molecular weight is 196 g/mol. The van der Waals surface area contributed by atoms with E-state index in [-0.39, 0.29) is 5.97 Å². The third-order valence-electron chi connectivity index (χ3n) is 4.13. The summed E-state index contributed by atoms with van der Waals surface area (Å²) in [5.74, 6) is 0.808. The minimum atomic E-state index is -0.513. The highest BCUT2D eigenvalue weighted by molar-refractivity contribution is 5.82.